The summed E-state index contributed by atoms with van der Waals surface area (Å²) < 4.78 is 0. The monoisotopic (exact) mass is 358 g/mol. The van der Waals surface area contributed by atoms with Crippen LogP contribution in [-0.2, 0) is 0 Å². The Balaban J connectivity index is 1.58. The van der Waals surface area contributed by atoms with Gasteiger partial charge in [-0.25, -0.2) is 9.97 Å². The van der Waals surface area contributed by atoms with E-state index in [0.29, 0.717) is 0 Å². The van der Waals surface area contributed by atoms with Crippen LogP contribution in [0.25, 0.3) is 10.8 Å². The van der Waals surface area contributed by atoms with Crippen molar-refractivity contribution in [2.75, 3.05) is 0 Å². The van der Waals surface area contributed by atoms with E-state index < -0.39 is 0 Å². The molecule has 4 aromatic rings. The number of aromatic nitrogens is 2. The summed E-state index contributed by atoms with van der Waals surface area (Å²) in [4.78, 5) is 8.65. The second-order valence-electron chi connectivity index (χ2n) is 6.72. The highest BCUT2D eigenvalue weighted by molar-refractivity contribution is 5.85. The van der Waals surface area contributed by atoms with Crippen LogP contribution in [0.1, 0.15) is 33.6 Å². The van der Waals surface area contributed by atoms with Crippen LogP contribution in [0.5, 0.6) is 0 Å². The Bertz CT molecular complexity index is 1160. The average Bonchev–Trinajstić information content (AvgIpc) is 2.73. The zero-order chi connectivity index (χ0) is 19.3. The normalized spacial score (nSPS) is 9.93. The van der Waals surface area contributed by atoms with Crippen LogP contribution >= 0.6 is 0 Å². The number of nitrogens with zero attached hydrogens (tertiary/aromatic N) is 2. The Morgan fingerprint density at radius 2 is 1.00 bits per heavy atom. The summed E-state index contributed by atoms with van der Waals surface area (Å²) in [7, 11) is 0. The van der Waals surface area contributed by atoms with E-state index in [1.54, 1.807) is 0 Å². The Morgan fingerprint density at radius 1 is 0.536 bits per heavy atom. The number of hydrogen-bond donors (Lipinski definition) is 0. The quantitative estimate of drug-likeness (QED) is 0.411. The van der Waals surface area contributed by atoms with Gasteiger partial charge in [-0.3, -0.25) is 0 Å². The van der Waals surface area contributed by atoms with E-state index in [1.165, 1.54) is 0 Å². The van der Waals surface area contributed by atoms with Crippen LogP contribution in [0.15, 0.2) is 73.1 Å². The smallest absolute Gasteiger partial charge is 0.113 e. The van der Waals surface area contributed by atoms with E-state index in [4.69, 9.17) is 0 Å². The largest absolute Gasteiger partial charge is 0.248 e. The van der Waals surface area contributed by atoms with Gasteiger partial charge in [-0.2, -0.15) is 0 Å². The van der Waals surface area contributed by atoms with Gasteiger partial charge in [-0.1, -0.05) is 36.1 Å². The van der Waals surface area contributed by atoms with Crippen molar-refractivity contribution >= 4 is 10.8 Å². The molecule has 0 unspecified atom stereocenters. The summed E-state index contributed by atoms with van der Waals surface area (Å²) in [5, 5.41) is 2.28. The molecule has 2 nitrogen and oxygen atoms in total. The zero-order valence-corrected chi connectivity index (χ0v) is 15.8. The van der Waals surface area contributed by atoms with Crippen LogP contribution in [0.3, 0.4) is 0 Å². The third kappa shape index (κ3) is 4.26. The van der Waals surface area contributed by atoms with Crippen molar-refractivity contribution in [3.05, 3.63) is 107 Å². The molecule has 2 aromatic heterocycles. The first-order valence-electron chi connectivity index (χ1n) is 9.09. The molecule has 0 radical (unpaired) electrons. The van der Waals surface area contributed by atoms with Crippen molar-refractivity contribution in [3.8, 4) is 23.7 Å². The van der Waals surface area contributed by atoms with Crippen LogP contribution in [-0.4, -0.2) is 9.97 Å². The first kappa shape index (κ1) is 17.5. The van der Waals surface area contributed by atoms with Gasteiger partial charge >= 0.3 is 0 Å². The highest BCUT2D eigenvalue weighted by atomic mass is 14.7. The first-order chi connectivity index (χ1) is 13.7. The molecule has 2 heterocycles. The molecule has 2 aromatic carbocycles. The molecule has 0 saturated carbocycles. The average molecular weight is 358 g/mol. The van der Waals surface area contributed by atoms with Gasteiger partial charge in [0, 0.05) is 23.5 Å². The molecule has 0 aliphatic rings. The number of aryl methyl sites for hydroxylation is 2. The maximum absolute atomic E-state index is 4.32. The molecule has 0 bridgehead atoms. The lowest BCUT2D eigenvalue weighted by molar-refractivity contribution is 1.24. The predicted octanol–water partition coefficient (Wildman–Crippen LogP) is 5.05. The van der Waals surface area contributed by atoms with E-state index >= 15 is 0 Å². The first-order valence-corrected chi connectivity index (χ1v) is 9.09. The third-order valence-electron chi connectivity index (χ3n) is 4.33. The lowest BCUT2D eigenvalue weighted by atomic mass is 10.0. The highest BCUT2D eigenvalue weighted by Crippen LogP contribution is 2.17. The number of rotatable bonds is 0. The molecule has 0 aliphatic carbocycles. The minimum Gasteiger partial charge on any atom is -0.248 e. The fourth-order valence-electron chi connectivity index (χ4n) is 2.76. The Hall–Kier alpha value is -3.88. The molecule has 0 aliphatic heterocycles. The van der Waals surface area contributed by atoms with Gasteiger partial charge in [0.1, 0.15) is 11.4 Å². The predicted molar refractivity (Wildman–Crippen MR) is 114 cm³/mol. The molecular weight excluding hydrogens is 340 g/mol. The third-order valence-corrected chi connectivity index (χ3v) is 4.33. The van der Waals surface area contributed by atoms with Crippen LogP contribution in [0.2, 0.25) is 0 Å². The Labute approximate surface area is 165 Å². The summed E-state index contributed by atoms with van der Waals surface area (Å²) in [5.74, 6) is 12.6. The van der Waals surface area contributed by atoms with Crippen molar-refractivity contribution in [1.82, 2.24) is 9.97 Å². The van der Waals surface area contributed by atoms with E-state index in [9.17, 15) is 0 Å². The molecule has 28 heavy (non-hydrogen) atoms. The van der Waals surface area contributed by atoms with E-state index in [1.807, 2.05) is 62.6 Å². The second kappa shape index (κ2) is 7.78. The van der Waals surface area contributed by atoms with Crippen molar-refractivity contribution in [2.45, 2.75) is 13.8 Å². The van der Waals surface area contributed by atoms with Crippen LogP contribution in [0, 0.1) is 37.5 Å². The van der Waals surface area contributed by atoms with Gasteiger partial charge in [0.15, 0.2) is 0 Å². The standard InChI is InChI=1S/C26H18N2/c1-19-3-11-25(27-17-19)13-7-21-5-9-24-16-22(6-10-23(24)15-21)8-14-26-12-4-20(2)18-28-26/h3-6,9-12,15-18H,1-2H3. The summed E-state index contributed by atoms with van der Waals surface area (Å²) in [6, 6.07) is 20.3. The molecule has 4 rings (SSSR count). The maximum Gasteiger partial charge on any atom is 0.113 e. The summed E-state index contributed by atoms with van der Waals surface area (Å²) in [6.45, 7) is 4.03. The lowest BCUT2D eigenvalue weighted by Gasteiger charge is -2.00. The van der Waals surface area contributed by atoms with E-state index in [2.05, 4.69) is 57.9 Å². The topological polar surface area (TPSA) is 25.8 Å². The van der Waals surface area contributed by atoms with Gasteiger partial charge < -0.3 is 0 Å². The van der Waals surface area contributed by atoms with E-state index in [0.717, 1.165) is 44.4 Å². The fraction of sp³-hybridized carbons (Fsp3) is 0.0769. The van der Waals surface area contributed by atoms with Gasteiger partial charge in [-0.05, 0) is 84.0 Å². The summed E-state index contributed by atoms with van der Waals surface area (Å²) >= 11 is 0. The molecule has 0 fully saturated rings. The second-order valence-corrected chi connectivity index (χ2v) is 6.72. The minimum atomic E-state index is 0.779. The highest BCUT2D eigenvalue weighted by Gasteiger charge is 1.97. The Morgan fingerprint density at radius 3 is 1.39 bits per heavy atom. The van der Waals surface area contributed by atoms with Gasteiger partial charge in [0.25, 0.3) is 0 Å². The summed E-state index contributed by atoms with van der Waals surface area (Å²) in [5.41, 5.74) is 5.76. The molecule has 0 amide bonds. The van der Waals surface area contributed by atoms with Gasteiger partial charge in [0.05, 0.1) is 0 Å². The molecule has 0 saturated heterocycles. The van der Waals surface area contributed by atoms with Crippen LogP contribution in [0.4, 0.5) is 0 Å². The van der Waals surface area contributed by atoms with Crippen molar-refractivity contribution in [2.24, 2.45) is 0 Å². The molecular formula is C26H18N2. The molecule has 0 spiro atoms. The molecule has 0 atom stereocenters. The van der Waals surface area contributed by atoms with Crippen molar-refractivity contribution < 1.29 is 0 Å². The molecule has 132 valence electrons. The number of fused-ring (bicyclic) bond motifs is 1. The number of hydrogen-bond acceptors (Lipinski definition) is 2. The zero-order valence-electron chi connectivity index (χ0n) is 15.8. The van der Waals surface area contributed by atoms with Gasteiger partial charge in [0.2, 0.25) is 0 Å². The van der Waals surface area contributed by atoms with Crippen molar-refractivity contribution in [1.29, 1.82) is 0 Å². The SMILES string of the molecule is Cc1ccc(C#Cc2ccc3cc(C#Cc4ccc(C)cn4)ccc3c2)nc1. The number of benzene rings is 2. The Kier molecular flexibility index (Phi) is 4.87. The van der Waals surface area contributed by atoms with Crippen LogP contribution < -0.4 is 0 Å². The molecule has 0 N–H and O–H groups in total. The number of pyridine rings is 2. The maximum atomic E-state index is 4.32. The molecule has 2 heteroatoms. The minimum absolute atomic E-state index is 0.779. The van der Waals surface area contributed by atoms with E-state index in [-0.39, 0.29) is 0 Å². The van der Waals surface area contributed by atoms with Gasteiger partial charge in [-0.15, -0.1) is 0 Å². The summed E-state index contributed by atoms with van der Waals surface area (Å²) in [6.07, 6.45) is 3.66. The fourth-order valence-corrected chi connectivity index (χ4v) is 2.76. The lowest BCUT2D eigenvalue weighted by Crippen LogP contribution is -1.84. The van der Waals surface area contributed by atoms with Crippen molar-refractivity contribution in [3.63, 3.8) is 0 Å².